The molecule has 0 fully saturated rings. The number of aliphatic carboxylic acids is 1. The summed E-state index contributed by atoms with van der Waals surface area (Å²) in [7, 11) is 5.69. The van der Waals surface area contributed by atoms with Gasteiger partial charge in [0, 0.05) is 0 Å². The number of carbonyl (C=O) groups is 2. The number of esters is 1. The normalized spacial score (nSPS) is 15.1. The molecule has 7 nitrogen and oxygen atoms in total. The van der Waals surface area contributed by atoms with Gasteiger partial charge in [-0.1, -0.05) is 39.0 Å². The van der Waals surface area contributed by atoms with Gasteiger partial charge in [-0.25, -0.2) is 0 Å². The minimum atomic E-state index is -1.02. The van der Waals surface area contributed by atoms with Crippen LogP contribution >= 0.6 is 0 Å². The summed E-state index contributed by atoms with van der Waals surface area (Å²) in [6.07, 6.45) is 5.96. The van der Waals surface area contributed by atoms with Gasteiger partial charge in [-0.15, -0.1) is 0 Å². The monoisotopic (exact) mass is 404 g/mol. The maximum atomic E-state index is 12.0. The molecule has 0 radical (unpaired) electrons. The number of aliphatic hydroxyl groups excluding tert-OH is 2. The van der Waals surface area contributed by atoms with E-state index >= 15 is 0 Å². The van der Waals surface area contributed by atoms with Gasteiger partial charge < -0.3 is 24.5 Å². The zero-order valence-electron chi connectivity index (χ0n) is 18.2. The molecule has 0 aromatic rings. The molecule has 0 rings (SSSR count). The van der Waals surface area contributed by atoms with Crippen LogP contribution in [-0.2, 0) is 14.3 Å². The van der Waals surface area contributed by atoms with Gasteiger partial charge in [-0.2, -0.15) is 0 Å². The van der Waals surface area contributed by atoms with E-state index in [0.717, 1.165) is 19.3 Å². The van der Waals surface area contributed by atoms with Crippen LogP contribution in [0.5, 0.6) is 0 Å². The lowest BCUT2D eigenvalue weighted by molar-refractivity contribution is -0.873. The number of carboxylic acid groups (broad SMARTS) is 1. The Morgan fingerprint density at radius 1 is 0.857 bits per heavy atom. The Kier molecular flexibility index (Phi) is 14.1. The van der Waals surface area contributed by atoms with Gasteiger partial charge in [-0.3, -0.25) is 9.59 Å². The van der Waals surface area contributed by atoms with E-state index < -0.39 is 24.1 Å². The van der Waals surface area contributed by atoms with Gasteiger partial charge in [0.25, 0.3) is 0 Å². The van der Waals surface area contributed by atoms with Crippen molar-refractivity contribution in [2.45, 2.75) is 95.9 Å². The largest absolute Gasteiger partial charge is 0.481 e. The highest BCUT2D eigenvalue weighted by Gasteiger charge is 2.25. The number of unbranched alkanes of at least 4 members (excludes halogenated alkanes) is 4. The molecule has 28 heavy (non-hydrogen) atoms. The maximum absolute atomic E-state index is 12.0. The zero-order chi connectivity index (χ0) is 21.6. The van der Waals surface area contributed by atoms with Crippen LogP contribution in [0.1, 0.15) is 77.6 Å². The minimum absolute atomic E-state index is 0.152. The van der Waals surface area contributed by atoms with E-state index in [1.165, 1.54) is 19.3 Å². The zero-order valence-corrected chi connectivity index (χ0v) is 18.2. The van der Waals surface area contributed by atoms with Crippen LogP contribution in [0.2, 0.25) is 0 Å². The summed E-state index contributed by atoms with van der Waals surface area (Å²) in [5, 5.41) is 29.0. The van der Waals surface area contributed by atoms with E-state index in [1.54, 1.807) is 0 Å². The Morgan fingerprint density at radius 3 is 2.00 bits per heavy atom. The third kappa shape index (κ3) is 17.0. The maximum Gasteiger partial charge on any atom is 0.308 e. The van der Waals surface area contributed by atoms with Gasteiger partial charge in [-0.05, 0) is 25.7 Å². The Labute approximate surface area is 170 Å². The molecule has 0 spiro atoms. The summed E-state index contributed by atoms with van der Waals surface area (Å²) in [4.78, 5) is 23.0. The van der Waals surface area contributed by atoms with Gasteiger partial charge in [0.1, 0.15) is 6.54 Å². The molecule has 0 heterocycles. The lowest BCUT2D eigenvalue weighted by Gasteiger charge is -2.28. The number of hydrogen-bond donors (Lipinski definition) is 3. The summed E-state index contributed by atoms with van der Waals surface area (Å²) in [5.41, 5.74) is 0. The van der Waals surface area contributed by atoms with Crippen LogP contribution in [-0.4, -0.2) is 77.7 Å². The first-order valence-electron chi connectivity index (χ1n) is 10.6. The van der Waals surface area contributed by atoms with Crippen molar-refractivity contribution in [3.05, 3.63) is 0 Å². The second-order valence-corrected chi connectivity index (χ2v) is 8.83. The van der Waals surface area contributed by atoms with Crippen molar-refractivity contribution in [3.8, 4) is 0 Å². The fraction of sp³-hybridized carbons (Fsp3) is 0.905. The van der Waals surface area contributed by atoms with Crippen molar-refractivity contribution in [1.82, 2.24) is 0 Å². The molecular formula is C21H42NO6+. The Bertz CT molecular complexity index is 435. The van der Waals surface area contributed by atoms with Crippen LogP contribution in [0.4, 0.5) is 0 Å². The summed E-state index contributed by atoms with van der Waals surface area (Å²) < 4.78 is 5.75. The fourth-order valence-corrected chi connectivity index (χ4v) is 3.19. The highest BCUT2D eigenvalue weighted by Crippen LogP contribution is 2.14. The summed E-state index contributed by atoms with van der Waals surface area (Å²) in [5.74, 6) is -1.60. The number of rotatable bonds is 17. The second-order valence-electron chi connectivity index (χ2n) is 8.83. The SMILES string of the molecule is CCCCCCCC(O)CCCC(O)CC(=O)OC(CC(=O)O)C[N+](C)(C)C. The molecule has 3 N–H and O–H groups in total. The van der Waals surface area contributed by atoms with E-state index in [-0.39, 0.29) is 18.9 Å². The number of nitrogens with zero attached hydrogens (tertiary/aromatic N) is 1. The molecule has 0 bridgehead atoms. The third-order valence-corrected chi connectivity index (χ3v) is 4.57. The molecule has 3 unspecified atom stereocenters. The van der Waals surface area contributed by atoms with Crippen molar-refractivity contribution in [2.24, 2.45) is 0 Å². The third-order valence-electron chi connectivity index (χ3n) is 4.57. The lowest BCUT2D eigenvalue weighted by atomic mass is 10.0. The molecular weight excluding hydrogens is 362 g/mol. The van der Waals surface area contributed by atoms with E-state index in [9.17, 15) is 19.8 Å². The van der Waals surface area contributed by atoms with Crippen LogP contribution in [0, 0.1) is 0 Å². The van der Waals surface area contributed by atoms with Crippen molar-refractivity contribution in [3.63, 3.8) is 0 Å². The van der Waals surface area contributed by atoms with Crippen molar-refractivity contribution < 1.29 is 34.1 Å². The van der Waals surface area contributed by atoms with Gasteiger partial charge in [0.15, 0.2) is 6.10 Å². The van der Waals surface area contributed by atoms with E-state index in [2.05, 4.69) is 6.92 Å². The molecule has 0 aromatic heterocycles. The predicted octanol–water partition coefficient (Wildman–Crippen LogP) is 2.72. The molecule has 0 saturated heterocycles. The predicted molar refractivity (Wildman–Crippen MR) is 109 cm³/mol. The first-order chi connectivity index (χ1) is 13.0. The number of carboxylic acids is 1. The topological polar surface area (TPSA) is 104 Å². The summed E-state index contributed by atoms with van der Waals surface area (Å²) in [6, 6.07) is 0. The highest BCUT2D eigenvalue weighted by atomic mass is 16.5. The van der Waals surface area contributed by atoms with Crippen LogP contribution in [0.3, 0.4) is 0 Å². The second kappa shape index (κ2) is 14.8. The first-order valence-corrected chi connectivity index (χ1v) is 10.6. The van der Waals surface area contributed by atoms with Crippen molar-refractivity contribution in [1.29, 1.82) is 0 Å². The molecule has 3 atom stereocenters. The van der Waals surface area contributed by atoms with Crippen LogP contribution < -0.4 is 0 Å². The van der Waals surface area contributed by atoms with E-state index in [4.69, 9.17) is 9.84 Å². The van der Waals surface area contributed by atoms with Crippen molar-refractivity contribution in [2.75, 3.05) is 27.7 Å². The Morgan fingerprint density at radius 2 is 1.43 bits per heavy atom. The van der Waals surface area contributed by atoms with Crippen LogP contribution in [0.25, 0.3) is 0 Å². The Hall–Kier alpha value is -1.18. The van der Waals surface area contributed by atoms with Gasteiger partial charge in [0.2, 0.25) is 0 Å². The lowest BCUT2D eigenvalue weighted by Crippen LogP contribution is -2.44. The quantitative estimate of drug-likeness (QED) is 0.196. The number of quaternary nitrogens is 1. The first kappa shape index (κ1) is 26.8. The number of hydrogen-bond acceptors (Lipinski definition) is 5. The molecule has 0 aromatic carbocycles. The summed E-state index contributed by atoms with van der Waals surface area (Å²) >= 11 is 0. The van der Waals surface area contributed by atoms with Crippen molar-refractivity contribution >= 4 is 11.9 Å². The molecule has 7 heteroatoms. The van der Waals surface area contributed by atoms with E-state index in [0.29, 0.717) is 30.3 Å². The molecule has 166 valence electrons. The number of likely N-dealkylation sites (N-methyl/N-ethyl adjacent to an activating group) is 1. The average molecular weight is 405 g/mol. The number of aliphatic hydroxyl groups is 2. The molecule has 0 aliphatic heterocycles. The molecule has 0 amide bonds. The molecule has 0 aliphatic rings. The van der Waals surface area contributed by atoms with Gasteiger partial charge in [0.05, 0.1) is 46.2 Å². The average Bonchev–Trinajstić information content (AvgIpc) is 2.52. The summed E-state index contributed by atoms with van der Waals surface area (Å²) in [6.45, 7) is 2.56. The molecule has 0 saturated carbocycles. The Balaban J connectivity index is 4.07. The highest BCUT2D eigenvalue weighted by molar-refractivity contribution is 5.71. The van der Waals surface area contributed by atoms with Gasteiger partial charge >= 0.3 is 11.9 Å². The number of carbonyl (C=O) groups excluding carboxylic acids is 1. The minimum Gasteiger partial charge on any atom is -0.481 e. The van der Waals surface area contributed by atoms with Crippen LogP contribution in [0.15, 0.2) is 0 Å². The molecule has 0 aliphatic carbocycles. The smallest absolute Gasteiger partial charge is 0.308 e. The van der Waals surface area contributed by atoms with E-state index in [1.807, 2.05) is 21.1 Å². The fourth-order valence-electron chi connectivity index (χ4n) is 3.19. The standard InChI is InChI=1S/C21H41NO6/c1-5-6-7-8-9-11-17(23)12-10-13-18(24)14-21(27)28-19(15-20(25)26)16-22(2,3)4/h17-19,23-24H,5-16H2,1-4H3/p+1. The number of ether oxygens (including phenoxy) is 1.